The van der Waals surface area contributed by atoms with Gasteiger partial charge in [-0.3, -0.25) is 4.98 Å². The number of rotatable bonds is 1. The van der Waals surface area contributed by atoms with Gasteiger partial charge >= 0.3 is 20.1 Å². The molecule has 3 nitrogen and oxygen atoms in total. The molecule has 7 heteroatoms. The molecule has 1 aromatic rings. The van der Waals surface area contributed by atoms with Crippen molar-refractivity contribution in [2.24, 2.45) is 0 Å². The molecule has 0 radical (unpaired) electrons. The molecule has 130 valence electrons. The van der Waals surface area contributed by atoms with Gasteiger partial charge in [0, 0.05) is 66.2 Å². The Labute approximate surface area is 154 Å². The van der Waals surface area contributed by atoms with Crippen molar-refractivity contribution >= 4 is 29.7 Å². The van der Waals surface area contributed by atoms with Crippen LogP contribution >= 0.6 is 23.8 Å². The van der Waals surface area contributed by atoms with E-state index in [0.717, 1.165) is 0 Å². The molecule has 0 saturated carbocycles. The molecular weight excluding hydrogens is 511 g/mol. The molecule has 22 heavy (non-hydrogen) atoms. The monoisotopic (exact) mass is 546 g/mol. The fourth-order valence-corrected chi connectivity index (χ4v) is 0.484. The standard InChI is InChI=1S/C6H5NO2.3C3H9P.Ir/c8-6(9)5-3-1-2-4-7-5;3*1-4(2)3;/h1-4H,(H,8,9);3*1-3H3;/q;;;;+3/p+2. The number of pyridine rings is 1. The summed E-state index contributed by atoms with van der Waals surface area (Å²) >= 11 is 0. The number of aromatic carboxylic acids is 1. The van der Waals surface area contributed by atoms with Crippen molar-refractivity contribution in [2.75, 3.05) is 60.0 Å². The molecule has 0 unspecified atom stereocenters. The fraction of sp³-hybridized carbons (Fsp3) is 0.600. The first kappa shape index (κ1) is 30.4. The van der Waals surface area contributed by atoms with Crippen molar-refractivity contribution in [2.45, 2.75) is 0 Å². The minimum atomic E-state index is -1.24. The summed E-state index contributed by atoms with van der Waals surface area (Å²) in [6.07, 6.45) is 1.41. The third kappa shape index (κ3) is 49.9. The SMILES string of the molecule is C[PH+](C)C.C[PH+](C)C.C[PH+](C)C.O=C([O-])c1ccccn1.[Ir+3]. The summed E-state index contributed by atoms with van der Waals surface area (Å²) in [6.45, 7) is 20.4. The Morgan fingerprint density at radius 2 is 1.18 bits per heavy atom. The van der Waals surface area contributed by atoms with E-state index in [9.17, 15) is 9.90 Å². The molecule has 0 aliphatic carbocycles. The molecular formula is C15H34IrNO2P3+5. The van der Waals surface area contributed by atoms with Crippen molar-refractivity contribution in [3.8, 4) is 0 Å². The van der Waals surface area contributed by atoms with Gasteiger partial charge in [0.1, 0.15) is 0 Å². The average molecular weight is 546 g/mol. The summed E-state index contributed by atoms with van der Waals surface area (Å²) in [5.74, 6) is -1.24. The second kappa shape index (κ2) is 21.6. The Hall–Kier alpha value is 0.559. The van der Waals surface area contributed by atoms with Crippen LogP contribution in [-0.4, -0.2) is 70.9 Å². The van der Waals surface area contributed by atoms with Gasteiger partial charge in [-0.25, -0.2) is 0 Å². The Kier molecular flexibility index (Phi) is 29.8. The van der Waals surface area contributed by atoms with Crippen molar-refractivity contribution in [1.82, 2.24) is 4.98 Å². The van der Waals surface area contributed by atoms with E-state index in [4.69, 9.17) is 0 Å². The van der Waals surface area contributed by atoms with Crippen LogP contribution in [0.2, 0.25) is 0 Å². The van der Waals surface area contributed by atoms with Gasteiger partial charge in [0.2, 0.25) is 0 Å². The summed E-state index contributed by atoms with van der Waals surface area (Å²) in [7, 11) is 0.361. The van der Waals surface area contributed by atoms with Gasteiger partial charge < -0.3 is 9.90 Å². The van der Waals surface area contributed by atoms with Crippen LogP contribution in [0.1, 0.15) is 10.5 Å². The number of carboxylic acid groups (broad SMARTS) is 1. The smallest absolute Gasteiger partial charge is 0.543 e. The van der Waals surface area contributed by atoms with Crippen molar-refractivity contribution in [3.05, 3.63) is 30.1 Å². The molecule has 0 N–H and O–H groups in total. The number of carboxylic acids is 1. The van der Waals surface area contributed by atoms with Crippen LogP contribution in [0.25, 0.3) is 0 Å². The number of hydrogen-bond acceptors (Lipinski definition) is 3. The quantitative estimate of drug-likeness (QED) is 0.511. The molecule has 0 bridgehead atoms. The van der Waals surface area contributed by atoms with Crippen LogP contribution in [0.15, 0.2) is 24.4 Å². The molecule has 0 aliphatic heterocycles. The second-order valence-corrected chi connectivity index (χ2v) is 15.0. The third-order valence-corrected chi connectivity index (χ3v) is 0.874. The van der Waals surface area contributed by atoms with E-state index in [1.807, 2.05) is 0 Å². The summed E-state index contributed by atoms with van der Waals surface area (Å²) in [5, 5.41) is 10.0. The molecule has 0 amide bonds. The Balaban J connectivity index is -0.000000107. The van der Waals surface area contributed by atoms with Crippen LogP contribution in [0.4, 0.5) is 0 Å². The van der Waals surface area contributed by atoms with E-state index in [0.29, 0.717) is 0 Å². The van der Waals surface area contributed by atoms with Gasteiger partial charge in [-0.1, -0.05) is 6.07 Å². The molecule has 1 heterocycles. The summed E-state index contributed by atoms with van der Waals surface area (Å²) in [6, 6.07) is 4.62. The van der Waals surface area contributed by atoms with Crippen molar-refractivity contribution < 1.29 is 30.0 Å². The number of nitrogens with zero attached hydrogens (tertiary/aromatic N) is 1. The minimum absolute atomic E-state index is 0. The van der Waals surface area contributed by atoms with Gasteiger partial charge in [0.25, 0.3) is 0 Å². The molecule has 0 atom stereocenters. The first-order chi connectivity index (χ1) is 9.50. The van der Waals surface area contributed by atoms with Crippen LogP contribution in [0.5, 0.6) is 0 Å². The maximum absolute atomic E-state index is 10.0. The zero-order chi connectivity index (χ0) is 17.4. The number of aromatic nitrogens is 1. The number of carbonyl (C=O) groups excluding carboxylic acids is 1. The van der Waals surface area contributed by atoms with E-state index in [2.05, 4.69) is 65.0 Å². The van der Waals surface area contributed by atoms with Crippen LogP contribution in [0.3, 0.4) is 0 Å². The van der Waals surface area contributed by atoms with Gasteiger partial charge in [0.15, 0.2) is 0 Å². The summed E-state index contributed by atoms with van der Waals surface area (Å²) in [4.78, 5) is 13.5. The molecule has 0 aromatic carbocycles. The molecule has 1 rings (SSSR count). The predicted octanol–water partition coefficient (Wildman–Crippen LogP) is 2.71. The number of hydrogen-bond donors (Lipinski definition) is 0. The summed E-state index contributed by atoms with van der Waals surface area (Å²) in [5.41, 5.74) is -0.0301. The van der Waals surface area contributed by atoms with E-state index < -0.39 is 5.97 Å². The molecule has 1 aromatic heterocycles. The van der Waals surface area contributed by atoms with Gasteiger partial charge in [-0.2, -0.15) is 0 Å². The van der Waals surface area contributed by atoms with E-state index in [-0.39, 0.29) is 49.6 Å². The fourth-order valence-electron chi connectivity index (χ4n) is 0.484. The summed E-state index contributed by atoms with van der Waals surface area (Å²) < 4.78 is 0. The maximum Gasteiger partial charge on any atom is 3.00 e. The Bertz CT molecular complexity index is 314. The van der Waals surface area contributed by atoms with Crippen LogP contribution in [0, 0.1) is 0 Å². The first-order valence-corrected chi connectivity index (χ1v) is 15.9. The molecule has 0 saturated heterocycles. The zero-order valence-electron chi connectivity index (χ0n) is 15.4. The van der Waals surface area contributed by atoms with Crippen LogP contribution in [-0.2, 0) is 20.1 Å². The third-order valence-electron chi connectivity index (χ3n) is 0.874. The van der Waals surface area contributed by atoms with E-state index >= 15 is 0 Å². The first-order valence-electron chi connectivity index (χ1n) is 6.93. The Morgan fingerprint density at radius 3 is 1.32 bits per heavy atom. The number of carbonyl (C=O) groups is 1. The zero-order valence-corrected chi connectivity index (χ0v) is 20.8. The topological polar surface area (TPSA) is 53.0 Å². The molecule has 0 aliphatic rings. The largest absolute Gasteiger partial charge is 3.00 e. The minimum Gasteiger partial charge on any atom is -0.543 e. The Morgan fingerprint density at radius 1 is 0.864 bits per heavy atom. The maximum atomic E-state index is 10.0. The van der Waals surface area contributed by atoms with Gasteiger partial charge in [0.05, 0.1) is 11.7 Å². The molecule has 0 spiro atoms. The van der Waals surface area contributed by atoms with Crippen molar-refractivity contribution in [3.63, 3.8) is 0 Å². The van der Waals surface area contributed by atoms with E-state index in [1.165, 1.54) is 12.3 Å². The second-order valence-electron chi connectivity index (χ2n) is 6.00. The average Bonchev–Trinajstić information content (AvgIpc) is 2.27. The van der Waals surface area contributed by atoms with Crippen LogP contribution < -0.4 is 5.11 Å². The predicted molar refractivity (Wildman–Crippen MR) is 107 cm³/mol. The normalized spacial score (nSPS) is 8.55. The van der Waals surface area contributed by atoms with Crippen molar-refractivity contribution in [1.29, 1.82) is 0 Å². The van der Waals surface area contributed by atoms with Gasteiger partial charge in [-0.05, 0) is 35.9 Å². The van der Waals surface area contributed by atoms with Gasteiger partial charge in [-0.15, -0.1) is 0 Å². The van der Waals surface area contributed by atoms with E-state index in [1.54, 1.807) is 12.1 Å². The molecule has 0 fully saturated rings.